The van der Waals surface area contributed by atoms with Crippen LogP contribution in [0, 0.1) is 11.6 Å². The Morgan fingerprint density at radius 1 is 1.04 bits per heavy atom. The summed E-state index contributed by atoms with van der Waals surface area (Å²) in [5.41, 5.74) is -0.262. The van der Waals surface area contributed by atoms with Gasteiger partial charge in [0.2, 0.25) is 15.9 Å². The van der Waals surface area contributed by atoms with E-state index in [0.717, 1.165) is 12.1 Å². The summed E-state index contributed by atoms with van der Waals surface area (Å²) >= 11 is 0. The van der Waals surface area contributed by atoms with Crippen LogP contribution in [0.5, 0.6) is 11.5 Å². The van der Waals surface area contributed by atoms with Crippen LogP contribution < -0.4 is 19.5 Å². The molecule has 26 heavy (non-hydrogen) atoms. The van der Waals surface area contributed by atoms with E-state index < -0.39 is 34.1 Å². The summed E-state index contributed by atoms with van der Waals surface area (Å²) in [5.74, 6) is -2.04. The number of carbonyl (C=O) groups excluding carboxylic acids is 1. The van der Waals surface area contributed by atoms with Gasteiger partial charge in [-0.3, -0.25) is 4.79 Å². The molecule has 0 bridgehead atoms. The van der Waals surface area contributed by atoms with Crippen LogP contribution in [-0.2, 0) is 14.8 Å². The fourth-order valence-electron chi connectivity index (χ4n) is 2.01. The van der Waals surface area contributed by atoms with E-state index in [4.69, 9.17) is 9.47 Å². The molecule has 0 spiro atoms. The van der Waals surface area contributed by atoms with Crippen molar-refractivity contribution < 1.29 is 31.5 Å². The second-order valence-electron chi connectivity index (χ2n) is 5.01. The van der Waals surface area contributed by atoms with Crippen LogP contribution in [0.1, 0.15) is 0 Å². The van der Waals surface area contributed by atoms with E-state index in [9.17, 15) is 22.0 Å². The lowest BCUT2D eigenvalue weighted by Gasteiger charge is -2.11. The molecule has 0 saturated heterocycles. The van der Waals surface area contributed by atoms with Gasteiger partial charge in [0.05, 0.1) is 31.3 Å². The standard InChI is InChI=1S/C16H16F2N2O5S/c1-24-14-6-4-11(8-15(14)25-2)26(22,23)19-9-16(21)20-13-5-3-10(17)7-12(13)18/h3-8,19H,9H2,1-2H3,(H,20,21). The highest BCUT2D eigenvalue weighted by atomic mass is 32.2. The maximum Gasteiger partial charge on any atom is 0.241 e. The van der Waals surface area contributed by atoms with Gasteiger partial charge in [0.15, 0.2) is 11.5 Å². The molecule has 0 aliphatic carbocycles. The van der Waals surface area contributed by atoms with Crippen molar-refractivity contribution in [3.05, 3.63) is 48.0 Å². The summed E-state index contributed by atoms with van der Waals surface area (Å²) < 4.78 is 63.0. The Kier molecular flexibility index (Phi) is 6.11. The van der Waals surface area contributed by atoms with Crippen molar-refractivity contribution >= 4 is 21.6 Å². The van der Waals surface area contributed by atoms with Gasteiger partial charge in [0, 0.05) is 12.1 Å². The minimum atomic E-state index is -4.02. The number of anilines is 1. The van der Waals surface area contributed by atoms with E-state index in [1.807, 2.05) is 0 Å². The second kappa shape index (κ2) is 8.11. The Hall–Kier alpha value is -2.72. The molecule has 0 aliphatic rings. The molecule has 0 heterocycles. The van der Waals surface area contributed by atoms with Crippen LogP contribution >= 0.6 is 0 Å². The zero-order valence-electron chi connectivity index (χ0n) is 13.9. The Morgan fingerprint density at radius 2 is 1.73 bits per heavy atom. The second-order valence-corrected chi connectivity index (χ2v) is 6.78. The first-order chi connectivity index (χ1) is 12.3. The van der Waals surface area contributed by atoms with E-state index >= 15 is 0 Å². The molecule has 0 radical (unpaired) electrons. The predicted molar refractivity (Wildman–Crippen MR) is 89.7 cm³/mol. The van der Waals surface area contributed by atoms with Crippen molar-refractivity contribution in [2.24, 2.45) is 0 Å². The molecule has 0 unspecified atom stereocenters. The average Bonchev–Trinajstić information content (AvgIpc) is 2.61. The Labute approximate surface area is 149 Å². The van der Waals surface area contributed by atoms with E-state index in [-0.39, 0.29) is 16.3 Å². The lowest BCUT2D eigenvalue weighted by Crippen LogP contribution is -2.33. The van der Waals surface area contributed by atoms with Crippen LogP contribution in [0.2, 0.25) is 0 Å². The van der Waals surface area contributed by atoms with Gasteiger partial charge in [0.25, 0.3) is 0 Å². The van der Waals surface area contributed by atoms with Gasteiger partial charge in [-0.25, -0.2) is 21.9 Å². The Morgan fingerprint density at radius 3 is 2.35 bits per heavy atom. The molecule has 140 valence electrons. The molecule has 2 rings (SSSR count). The van der Waals surface area contributed by atoms with E-state index in [1.165, 1.54) is 32.4 Å². The van der Waals surface area contributed by atoms with Crippen LogP contribution in [0.3, 0.4) is 0 Å². The maximum atomic E-state index is 13.5. The predicted octanol–water partition coefficient (Wildman–Crippen LogP) is 1.90. The zero-order valence-corrected chi connectivity index (χ0v) is 14.7. The number of hydrogen-bond donors (Lipinski definition) is 2. The van der Waals surface area contributed by atoms with Crippen molar-refractivity contribution in [2.75, 3.05) is 26.1 Å². The number of benzene rings is 2. The number of halogens is 2. The van der Waals surface area contributed by atoms with Gasteiger partial charge in [-0.15, -0.1) is 0 Å². The van der Waals surface area contributed by atoms with Crippen LogP contribution in [0.25, 0.3) is 0 Å². The van der Waals surface area contributed by atoms with E-state index in [1.54, 1.807) is 0 Å². The summed E-state index contributed by atoms with van der Waals surface area (Å²) in [6.07, 6.45) is 0. The first kappa shape index (κ1) is 19.6. The third-order valence-corrected chi connectivity index (χ3v) is 4.69. The first-order valence-corrected chi connectivity index (χ1v) is 8.71. The third-order valence-electron chi connectivity index (χ3n) is 3.29. The molecule has 0 saturated carbocycles. The van der Waals surface area contributed by atoms with Gasteiger partial charge in [-0.1, -0.05) is 0 Å². The van der Waals surface area contributed by atoms with Crippen molar-refractivity contribution in [3.63, 3.8) is 0 Å². The number of carbonyl (C=O) groups is 1. The zero-order chi connectivity index (χ0) is 19.3. The summed E-state index contributed by atoms with van der Waals surface area (Å²) in [6, 6.07) is 6.52. The first-order valence-electron chi connectivity index (χ1n) is 7.23. The van der Waals surface area contributed by atoms with Crippen molar-refractivity contribution in [2.45, 2.75) is 4.90 Å². The van der Waals surface area contributed by atoms with Crippen LogP contribution in [0.4, 0.5) is 14.5 Å². The summed E-state index contributed by atoms with van der Waals surface area (Å²) in [4.78, 5) is 11.7. The number of hydrogen-bond acceptors (Lipinski definition) is 5. The molecule has 1 amide bonds. The highest BCUT2D eigenvalue weighted by Gasteiger charge is 2.18. The summed E-state index contributed by atoms with van der Waals surface area (Å²) in [7, 11) is -1.26. The number of amides is 1. The monoisotopic (exact) mass is 386 g/mol. The van der Waals surface area contributed by atoms with Crippen LogP contribution in [0.15, 0.2) is 41.3 Å². The molecule has 0 aliphatic heterocycles. The van der Waals surface area contributed by atoms with Crippen molar-refractivity contribution in [1.82, 2.24) is 4.72 Å². The van der Waals surface area contributed by atoms with Gasteiger partial charge in [-0.2, -0.15) is 0 Å². The van der Waals surface area contributed by atoms with Crippen molar-refractivity contribution in [1.29, 1.82) is 0 Å². The molecule has 2 N–H and O–H groups in total. The molecular weight excluding hydrogens is 370 g/mol. The topological polar surface area (TPSA) is 93.7 Å². The summed E-state index contributed by atoms with van der Waals surface area (Å²) in [5, 5.41) is 2.15. The average molecular weight is 386 g/mol. The highest BCUT2D eigenvalue weighted by molar-refractivity contribution is 7.89. The minimum absolute atomic E-state index is 0.143. The fraction of sp³-hybridized carbons (Fsp3) is 0.188. The smallest absolute Gasteiger partial charge is 0.241 e. The highest BCUT2D eigenvalue weighted by Crippen LogP contribution is 2.29. The SMILES string of the molecule is COc1ccc(S(=O)(=O)NCC(=O)Nc2ccc(F)cc2F)cc1OC. The normalized spacial score (nSPS) is 11.1. The van der Waals surface area contributed by atoms with Crippen molar-refractivity contribution in [3.8, 4) is 11.5 Å². The van der Waals surface area contributed by atoms with E-state index in [2.05, 4.69) is 10.0 Å². The van der Waals surface area contributed by atoms with Gasteiger partial charge in [0.1, 0.15) is 11.6 Å². The number of methoxy groups -OCH3 is 2. The van der Waals surface area contributed by atoms with Gasteiger partial charge >= 0.3 is 0 Å². The molecule has 0 atom stereocenters. The molecule has 0 aromatic heterocycles. The molecule has 2 aromatic rings. The van der Waals surface area contributed by atoms with Gasteiger partial charge in [-0.05, 0) is 24.3 Å². The number of sulfonamides is 1. The summed E-state index contributed by atoms with van der Waals surface area (Å²) in [6.45, 7) is -0.645. The van der Waals surface area contributed by atoms with Crippen LogP contribution in [-0.4, -0.2) is 35.1 Å². The minimum Gasteiger partial charge on any atom is -0.493 e. The lowest BCUT2D eigenvalue weighted by atomic mass is 10.3. The number of nitrogens with one attached hydrogen (secondary N) is 2. The molecule has 0 fully saturated rings. The quantitative estimate of drug-likeness (QED) is 0.758. The lowest BCUT2D eigenvalue weighted by molar-refractivity contribution is -0.115. The Bertz CT molecular complexity index is 919. The molecule has 2 aromatic carbocycles. The number of ether oxygens (including phenoxy) is 2. The Balaban J connectivity index is 2.06. The largest absolute Gasteiger partial charge is 0.493 e. The van der Waals surface area contributed by atoms with E-state index in [0.29, 0.717) is 11.8 Å². The number of rotatable bonds is 7. The molecule has 10 heteroatoms. The van der Waals surface area contributed by atoms with Gasteiger partial charge < -0.3 is 14.8 Å². The maximum absolute atomic E-state index is 13.5. The fourth-order valence-corrected chi connectivity index (χ4v) is 3.01. The molecule has 7 nitrogen and oxygen atoms in total. The molecular formula is C16H16F2N2O5S. The third kappa shape index (κ3) is 4.67.